The van der Waals surface area contributed by atoms with E-state index in [9.17, 15) is 0 Å². The maximum absolute atomic E-state index is 6.00. The van der Waals surface area contributed by atoms with Crippen LogP contribution in [0.15, 0.2) is 42.5 Å². The summed E-state index contributed by atoms with van der Waals surface area (Å²) in [6.45, 7) is 0. The molecular weight excluding hydrogens is 259 g/mol. The van der Waals surface area contributed by atoms with Crippen molar-refractivity contribution < 1.29 is 9.47 Å². The monoisotopic (exact) mass is 268 g/mol. The fourth-order valence-corrected chi connectivity index (χ4v) is 1.79. The number of benzene rings is 2. The van der Waals surface area contributed by atoms with Gasteiger partial charge in [0, 0.05) is 6.07 Å². The van der Waals surface area contributed by atoms with Gasteiger partial charge in [-0.15, -0.1) is 0 Å². The quantitative estimate of drug-likeness (QED) is 0.797. The summed E-state index contributed by atoms with van der Waals surface area (Å²) in [7, 11) is 1.57. The lowest BCUT2D eigenvalue weighted by atomic mass is 10.3. The predicted molar refractivity (Wildman–Crippen MR) is 69.5 cm³/mol. The molecule has 0 saturated carbocycles. The Labute approximate surface area is 110 Å². The fraction of sp³-hybridized carbons (Fsp3) is 0.0769. The van der Waals surface area contributed by atoms with Gasteiger partial charge >= 0.3 is 0 Å². The van der Waals surface area contributed by atoms with Crippen LogP contribution in [-0.4, -0.2) is 7.11 Å². The van der Waals surface area contributed by atoms with Crippen molar-refractivity contribution in [1.82, 2.24) is 0 Å². The van der Waals surface area contributed by atoms with Crippen molar-refractivity contribution in [2.45, 2.75) is 0 Å². The Morgan fingerprint density at radius 2 is 1.65 bits per heavy atom. The summed E-state index contributed by atoms with van der Waals surface area (Å²) in [6, 6.07) is 12.5. The van der Waals surface area contributed by atoms with E-state index >= 15 is 0 Å². The minimum atomic E-state index is 0.497. The molecule has 2 rings (SSSR count). The van der Waals surface area contributed by atoms with Crippen LogP contribution < -0.4 is 9.47 Å². The minimum Gasteiger partial charge on any atom is -0.495 e. The zero-order valence-corrected chi connectivity index (χ0v) is 10.6. The largest absolute Gasteiger partial charge is 0.495 e. The normalized spacial score (nSPS) is 10.1. The van der Waals surface area contributed by atoms with Crippen molar-refractivity contribution in [2.24, 2.45) is 0 Å². The van der Waals surface area contributed by atoms with Crippen molar-refractivity contribution in [3.63, 3.8) is 0 Å². The van der Waals surface area contributed by atoms with Crippen LogP contribution in [0, 0.1) is 0 Å². The number of rotatable bonds is 3. The van der Waals surface area contributed by atoms with Gasteiger partial charge in [0.2, 0.25) is 0 Å². The van der Waals surface area contributed by atoms with Gasteiger partial charge in [-0.2, -0.15) is 0 Å². The summed E-state index contributed by atoms with van der Waals surface area (Å²) < 4.78 is 10.7. The van der Waals surface area contributed by atoms with Crippen molar-refractivity contribution in [2.75, 3.05) is 7.11 Å². The highest BCUT2D eigenvalue weighted by Gasteiger charge is 2.05. The van der Waals surface area contributed by atoms with Crippen molar-refractivity contribution in [3.05, 3.63) is 52.5 Å². The Balaban J connectivity index is 2.25. The maximum atomic E-state index is 6.00. The average Bonchev–Trinajstić information content (AvgIpc) is 2.32. The van der Waals surface area contributed by atoms with Crippen molar-refractivity contribution in [1.29, 1.82) is 0 Å². The summed E-state index contributed by atoms with van der Waals surface area (Å²) in [4.78, 5) is 0. The molecule has 0 amide bonds. The molecule has 0 bridgehead atoms. The first-order chi connectivity index (χ1) is 8.20. The molecule has 4 heteroatoms. The number of halogens is 2. The smallest absolute Gasteiger partial charge is 0.146 e. The van der Waals surface area contributed by atoms with Gasteiger partial charge in [-0.1, -0.05) is 35.3 Å². The summed E-state index contributed by atoms with van der Waals surface area (Å²) in [5.74, 6) is 1.82. The molecule has 0 aliphatic carbocycles. The van der Waals surface area contributed by atoms with Crippen LogP contribution >= 0.6 is 23.2 Å². The second-order valence-corrected chi connectivity index (χ2v) is 4.14. The van der Waals surface area contributed by atoms with Crippen LogP contribution in [0.2, 0.25) is 10.0 Å². The molecule has 0 aromatic heterocycles. The van der Waals surface area contributed by atoms with E-state index in [1.165, 1.54) is 0 Å². The first kappa shape index (κ1) is 12.1. The Morgan fingerprint density at radius 1 is 0.882 bits per heavy atom. The Hall–Kier alpha value is -1.38. The van der Waals surface area contributed by atoms with Gasteiger partial charge in [0.15, 0.2) is 0 Å². The standard InChI is InChI=1S/C13H10Cl2O2/c1-16-12-7-6-9(8-11(12)15)17-13-5-3-2-4-10(13)14/h2-8H,1H3. The zero-order valence-electron chi connectivity index (χ0n) is 9.11. The molecule has 0 saturated heterocycles. The topological polar surface area (TPSA) is 18.5 Å². The molecular formula is C13H10Cl2O2. The minimum absolute atomic E-state index is 0.497. The van der Waals surface area contributed by atoms with Gasteiger partial charge < -0.3 is 9.47 Å². The van der Waals surface area contributed by atoms with E-state index in [1.807, 2.05) is 12.1 Å². The zero-order chi connectivity index (χ0) is 12.3. The number of ether oxygens (including phenoxy) is 2. The van der Waals surface area contributed by atoms with Crippen LogP contribution in [-0.2, 0) is 0 Å². The SMILES string of the molecule is COc1ccc(Oc2ccccc2Cl)cc1Cl. The maximum Gasteiger partial charge on any atom is 0.146 e. The van der Waals surface area contributed by atoms with Crippen molar-refractivity contribution in [3.8, 4) is 17.2 Å². The van der Waals surface area contributed by atoms with E-state index < -0.39 is 0 Å². The molecule has 0 spiro atoms. The van der Waals surface area contributed by atoms with E-state index in [1.54, 1.807) is 37.4 Å². The second-order valence-electron chi connectivity index (χ2n) is 3.33. The Kier molecular flexibility index (Phi) is 3.77. The number of hydrogen-bond acceptors (Lipinski definition) is 2. The number of hydrogen-bond donors (Lipinski definition) is 0. The van der Waals surface area contributed by atoms with Gasteiger partial charge in [0.1, 0.15) is 17.2 Å². The van der Waals surface area contributed by atoms with Crippen LogP contribution in [0.4, 0.5) is 0 Å². The predicted octanol–water partition coefficient (Wildman–Crippen LogP) is 4.79. The lowest BCUT2D eigenvalue weighted by Gasteiger charge is -2.09. The van der Waals surface area contributed by atoms with Crippen LogP contribution in [0.5, 0.6) is 17.2 Å². The highest BCUT2D eigenvalue weighted by atomic mass is 35.5. The van der Waals surface area contributed by atoms with Crippen LogP contribution in [0.1, 0.15) is 0 Å². The van der Waals surface area contributed by atoms with Gasteiger partial charge in [-0.25, -0.2) is 0 Å². The molecule has 0 aliphatic rings. The fourth-order valence-electron chi connectivity index (χ4n) is 1.37. The molecule has 0 fully saturated rings. The van der Waals surface area contributed by atoms with Gasteiger partial charge in [-0.3, -0.25) is 0 Å². The molecule has 0 aliphatic heterocycles. The Bertz CT molecular complexity index is 527. The van der Waals surface area contributed by atoms with Gasteiger partial charge in [-0.05, 0) is 24.3 Å². The van der Waals surface area contributed by atoms with Gasteiger partial charge in [0.25, 0.3) is 0 Å². The van der Waals surface area contributed by atoms with Crippen molar-refractivity contribution >= 4 is 23.2 Å². The van der Waals surface area contributed by atoms with E-state index in [-0.39, 0.29) is 0 Å². The van der Waals surface area contributed by atoms with Crippen LogP contribution in [0.3, 0.4) is 0 Å². The highest BCUT2D eigenvalue weighted by Crippen LogP contribution is 2.33. The van der Waals surface area contributed by atoms with E-state index in [4.69, 9.17) is 32.7 Å². The molecule has 0 unspecified atom stereocenters. The number of para-hydroxylation sites is 1. The summed E-state index contributed by atoms with van der Waals surface area (Å²) >= 11 is 12.0. The lowest BCUT2D eigenvalue weighted by molar-refractivity contribution is 0.413. The summed E-state index contributed by atoms with van der Waals surface area (Å²) in [5, 5.41) is 1.05. The van der Waals surface area contributed by atoms with Gasteiger partial charge in [0.05, 0.1) is 17.2 Å². The third-order valence-corrected chi connectivity index (χ3v) is 2.80. The molecule has 17 heavy (non-hydrogen) atoms. The molecule has 0 heterocycles. The molecule has 0 radical (unpaired) electrons. The second kappa shape index (κ2) is 5.30. The molecule has 0 atom stereocenters. The molecule has 0 N–H and O–H groups in total. The Morgan fingerprint density at radius 3 is 2.29 bits per heavy atom. The van der Waals surface area contributed by atoms with E-state index in [0.717, 1.165) is 0 Å². The van der Waals surface area contributed by atoms with Crippen LogP contribution in [0.25, 0.3) is 0 Å². The third-order valence-electron chi connectivity index (χ3n) is 2.19. The lowest BCUT2D eigenvalue weighted by Crippen LogP contribution is -1.87. The first-order valence-electron chi connectivity index (χ1n) is 4.96. The average molecular weight is 269 g/mol. The van der Waals surface area contributed by atoms with E-state index in [0.29, 0.717) is 27.3 Å². The third kappa shape index (κ3) is 2.84. The van der Waals surface area contributed by atoms with E-state index in [2.05, 4.69) is 0 Å². The summed E-state index contributed by atoms with van der Waals surface area (Å²) in [6.07, 6.45) is 0. The molecule has 2 nitrogen and oxygen atoms in total. The number of methoxy groups -OCH3 is 1. The summed E-state index contributed by atoms with van der Waals surface area (Å²) in [5.41, 5.74) is 0. The first-order valence-corrected chi connectivity index (χ1v) is 5.72. The molecule has 88 valence electrons. The highest BCUT2D eigenvalue weighted by molar-refractivity contribution is 6.32. The molecule has 2 aromatic carbocycles. The molecule has 2 aromatic rings.